The van der Waals surface area contributed by atoms with E-state index in [9.17, 15) is 9.59 Å². The molecule has 0 saturated carbocycles. The number of ether oxygens (including phenoxy) is 1. The molecule has 0 bridgehead atoms. The molecule has 1 heterocycles. The minimum Gasteiger partial charge on any atom is -0.444 e. The number of nitrogens with zero attached hydrogens (tertiary/aromatic N) is 1. The second-order valence-corrected chi connectivity index (χ2v) is 5.07. The number of esters is 1. The molecule has 2 rings (SSSR count). The van der Waals surface area contributed by atoms with E-state index >= 15 is 0 Å². The Morgan fingerprint density at radius 3 is 2.50 bits per heavy atom. The van der Waals surface area contributed by atoms with Crippen molar-refractivity contribution in [2.24, 2.45) is 5.41 Å². The molecule has 1 saturated heterocycles. The predicted molar refractivity (Wildman–Crippen MR) is 66.4 cm³/mol. The lowest BCUT2D eigenvalue weighted by Gasteiger charge is -2.52. The third-order valence-electron chi connectivity index (χ3n) is 3.33. The van der Waals surface area contributed by atoms with Crippen molar-refractivity contribution in [1.82, 2.24) is 4.90 Å². The summed E-state index contributed by atoms with van der Waals surface area (Å²) in [6.45, 7) is 5.19. The van der Waals surface area contributed by atoms with E-state index in [1.165, 1.54) is 6.92 Å². The van der Waals surface area contributed by atoms with E-state index in [2.05, 4.69) is 0 Å². The lowest BCUT2D eigenvalue weighted by Crippen LogP contribution is -2.61. The van der Waals surface area contributed by atoms with Crippen molar-refractivity contribution in [3.63, 3.8) is 0 Å². The Morgan fingerprint density at radius 2 is 1.94 bits per heavy atom. The maximum Gasteiger partial charge on any atom is 0.304 e. The highest BCUT2D eigenvalue weighted by molar-refractivity contribution is 5.90. The second-order valence-electron chi connectivity index (χ2n) is 5.07. The minimum absolute atomic E-state index is 0.0117. The summed E-state index contributed by atoms with van der Waals surface area (Å²) in [4.78, 5) is 24.4. The zero-order valence-electron chi connectivity index (χ0n) is 10.8. The molecular weight excluding hydrogens is 230 g/mol. The molecule has 0 aliphatic carbocycles. The molecular formula is C14H17NO3. The predicted octanol–water partition coefficient (Wildman–Crippen LogP) is 2.12. The molecule has 4 heteroatoms. The topological polar surface area (TPSA) is 46.6 Å². The molecule has 1 fully saturated rings. The number of benzene rings is 1. The first kappa shape index (κ1) is 12.6. The van der Waals surface area contributed by atoms with Gasteiger partial charge in [-0.1, -0.05) is 30.3 Å². The van der Waals surface area contributed by atoms with Crippen LogP contribution in [0.15, 0.2) is 30.3 Å². The first-order valence-electron chi connectivity index (χ1n) is 5.94. The fourth-order valence-corrected chi connectivity index (χ4v) is 2.45. The van der Waals surface area contributed by atoms with Gasteiger partial charge in [0.15, 0.2) is 6.73 Å². The zero-order chi connectivity index (χ0) is 13.3. The van der Waals surface area contributed by atoms with Gasteiger partial charge in [0.2, 0.25) is 5.91 Å². The van der Waals surface area contributed by atoms with E-state index in [-0.39, 0.29) is 24.6 Å². The Balaban J connectivity index is 2.20. The Labute approximate surface area is 107 Å². The lowest BCUT2D eigenvalue weighted by atomic mass is 9.71. The molecule has 1 aromatic carbocycles. The number of likely N-dealkylation sites (tertiary alicyclic amines) is 1. The van der Waals surface area contributed by atoms with Crippen molar-refractivity contribution in [3.05, 3.63) is 35.9 Å². The summed E-state index contributed by atoms with van der Waals surface area (Å²) in [5.74, 6) is -0.364. The second kappa shape index (κ2) is 4.44. The summed E-state index contributed by atoms with van der Waals surface area (Å²) in [6.07, 6.45) is 0. The molecule has 1 aliphatic rings. The van der Waals surface area contributed by atoms with Crippen LogP contribution in [0.4, 0.5) is 0 Å². The third-order valence-corrected chi connectivity index (χ3v) is 3.33. The van der Waals surface area contributed by atoms with E-state index in [1.807, 2.05) is 44.2 Å². The summed E-state index contributed by atoms with van der Waals surface area (Å²) in [6, 6.07) is 9.76. The zero-order valence-corrected chi connectivity index (χ0v) is 10.8. The normalized spacial score (nSPS) is 21.4. The van der Waals surface area contributed by atoms with Crippen molar-refractivity contribution in [2.45, 2.75) is 26.8 Å². The number of hydrogen-bond donors (Lipinski definition) is 0. The van der Waals surface area contributed by atoms with E-state index in [0.717, 1.165) is 5.56 Å². The van der Waals surface area contributed by atoms with Crippen LogP contribution in [0.5, 0.6) is 0 Å². The van der Waals surface area contributed by atoms with Gasteiger partial charge in [-0.05, 0) is 19.4 Å². The summed E-state index contributed by atoms with van der Waals surface area (Å²) in [5.41, 5.74) is 0.621. The van der Waals surface area contributed by atoms with E-state index in [4.69, 9.17) is 4.74 Å². The van der Waals surface area contributed by atoms with Gasteiger partial charge >= 0.3 is 5.97 Å². The highest BCUT2D eigenvalue weighted by Gasteiger charge is 2.54. The first-order chi connectivity index (χ1) is 8.44. The Kier molecular flexibility index (Phi) is 3.11. The van der Waals surface area contributed by atoms with Gasteiger partial charge in [0.25, 0.3) is 0 Å². The first-order valence-corrected chi connectivity index (χ1v) is 5.94. The smallest absolute Gasteiger partial charge is 0.304 e. The molecule has 1 aromatic rings. The third kappa shape index (κ3) is 1.98. The average molecular weight is 247 g/mol. The highest BCUT2D eigenvalue weighted by atomic mass is 16.5. The quantitative estimate of drug-likeness (QED) is 0.607. The largest absolute Gasteiger partial charge is 0.444 e. The summed E-state index contributed by atoms with van der Waals surface area (Å²) in [5, 5.41) is 0. The number of hydrogen-bond acceptors (Lipinski definition) is 3. The van der Waals surface area contributed by atoms with Crippen LogP contribution >= 0.6 is 0 Å². The van der Waals surface area contributed by atoms with Crippen molar-refractivity contribution >= 4 is 11.9 Å². The van der Waals surface area contributed by atoms with Crippen molar-refractivity contribution < 1.29 is 14.3 Å². The lowest BCUT2D eigenvalue weighted by molar-refractivity contribution is -0.183. The van der Waals surface area contributed by atoms with Crippen molar-refractivity contribution in [3.8, 4) is 0 Å². The van der Waals surface area contributed by atoms with E-state index in [0.29, 0.717) is 0 Å². The molecule has 96 valence electrons. The maximum absolute atomic E-state index is 12.0. The number of β-lactam (4-membered cyclic amide) rings is 1. The van der Waals surface area contributed by atoms with E-state index < -0.39 is 5.41 Å². The molecule has 1 aliphatic heterocycles. The molecule has 4 nitrogen and oxygen atoms in total. The van der Waals surface area contributed by atoms with Gasteiger partial charge in [-0.3, -0.25) is 9.59 Å². The van der Waals surface area contributed by atoms with Crippen molar-refractivity contribution in [1.29, 1.82) is 0 Å². The molecule has 0 spiro atoms. The molecule has 18 heavy (non-hydrogen) atoms. The summed E-state index contributed by atoms with van der Waals surface area (Å²) < 4.78 is 4.93. The Hall–Kier alpha value is -1.84. The van der Waals surface area contributed by atoms with Gasteiger partial charge in [0.1, 0.15) is 0 Å². The standard InChI is InChI=1S/C14H17NO3/c1-10(16)18-9-15-12(14(2,3)13(15)17)11-7-5-4-6-8-11/h4-8,12H,9H2,1-3H3/t12-/m0/s1. The maximum atomic E-state index is 12.0. The number of amides is 1. The van der Waals surface area contributed by atoms with Crippen LogP contribution in [0.1, 0.15) is 32.4 Å². The minimum atomic E-state index is -0.443. The van der Waals surface area contributed by atoms with Crippen LogP contribution in [-0.2, 0) is 14.3 Å². The van der Waals surface area contributed by atoms with Gasteiger partial charge in [0.05, 0.1) is 11.5 Å². The van der Waals surface area contributed by atoms with Crippen LogP contribution in [-0.4, -0.2) is 23.5 Å². The molecule has 1 amide bonds. The molecule has 0 radical (unpaired) electrons. The fraction of sp³-hybridized carbons (Fsp3) is 0.429. The molecule has 0 aromatic heterocycles. The SMILES string of the molecule is CC(=O)OCN1C(=O)C(C)(C)[C@@H]1c1ccccc1. The van der Waals surface area contributed by atoms with Crippen LogP contribution < -0.4 is 0 Å². The van der Waals surface area contributed by atoms with Gasteiger partial charge < -0.3 is 9.64 Å². The number of rotatable bonds is 3. The van der Waals surface area contributed by atoms with Crippen LogP contribution in [0.3, 0.4) is 0 Å². The van der Waals surface area contributed by atoms with Gasteiger partial charge in [-0.15, -0.1) is 0 Å². The van der Waals surface area contributed by atoms with Crippen LogP contribution in [0.2, 0.25) is 0 Å². The Bertz CT molecular complexity index is 467. The highest BCUT2D eigenvalue weighted by Crippen LogP contribution is 2.49. The molecule has 1 atom stereocenters. The van der Waals surface area contributed by atoms with E-state index in [1.54, 1.807) is 4.90 Å². The summed E-state index contributed by atoms with van der Waals surface area (Å²) >= 11 is 0. The number of carbonyl (C=O) groups excluding carboxylic acids is 2. The van der Waals surface area contributed by atoms with Gasteiger partial charge in [-0.2, -0.15) is 0 Å². The van der Waals surface area contributed by atoms with Crippen molar-refractivity contribution in [2.75, 3.05) is 6.73 Å². The fourth-order valence-electron chi connectivity index (χ4n) is 2.45. The Morgan fingerprint density at radius 1 is 1.33 bits per heavy atom. The average Bonchev–Trinajstić information content (AvgIpc) is 2.34. The summed E-state index contributed by atoms with van der Waals surface area (Å²) in [7, 11) is 0. The molecule has 0 N–H and O–H groups in total. The van der Waals surface area contributed by atoms with Gasteiger partial charge in [-0.25, -0.2) is 0 Å². The van der Waals surface area contributed by atoms with Crippen LogP contribution in [0, 0.1) is 5.41 Å². The molecule has 0 unspecified atom stereocenters. The monoisotopic (exact) mass is 247 g/mol. The number of carbonyl (C=O) groups is 2. The van der Waals surface area contributed by atoms with Gasteiger partial charge in [0, 0.05) is 6.92 Å². The van der Waals surface area contributed by atoms with Crippen LogP contribution in [0.25, 0.3) is 0 Å².